The van der Waals surface area contributed by atoms with Gasteiger partial charge in [-0.05, 0) is 13.0 Å². The SMILES string of the molecule is CCOC(=O)c1nc(-c2ccccc2)n(COCC[Si](C)(C)C)n1. The molecular weight excluding hydrogens is 322 g/mol. The highest BCUT2D eigenvalue weighted by Crippen LogP contribution is 2.18. The molecule has 0 spiro atoms. The van der Waals surface area contributed by atoms with Crippen molar-refractivity contribution in [2.75, 3.05) is 13.2 Å². The van der Waals surface area contributed by atoms with Gasteiger partial charge in [-0.15, -0.1) is 5.10 Å². The average Bonchev–Trinajstić information content (AvgIpc) is 2.96. The van der Waals surface area contributed by atoms with Gasteiger partial charge in [-0.1, -0.05) is 50.0 Å². The molecule has 0 radical (unpaired) electrons. The fraction of sp³-hybridized carbons (Fsp3) is 0.471. The van der Waals surface area contributed by atoms with Gasteiger partial charge in [0, 0.05) is 20.2 Å². The van der Waals surface area contributed by atoms with Crippen LogP contribution in [0.2, 0.25) is 25.7 Å². The molecule has 6 nitrogen and oxygen atoms in total. The molecular formula is C17H25N3O3Si. The van der Waals surface area contributed by atoms with Gasteiger partial charge in [0.2, 0.25) is 0 Å². The van der Waals surface area contributed by atoms with Crippen LogP contribution in [-0.2, 0) is 16.2 Å². The standard InChI is InChI=1S/C17H25N3O3Si/c1-5-23-17(21)15-18-16(14-9-7-6-8-10-14)20(19-15)13-22-11-12-24(2,3)4/h6-10H,5,11-13H2,1-4H3. The lowest BCUT2D eigenvalue weighted by Crippen LogP contribution is -2.22. The molecule has 0 aliphatic rings. The van der Waals surface area contributed by atoms with Gasteiger partial charge in [-0.3, -0.25) is 0 Å². The van der Waals surface area contributed by atoms with Crippen molar-refractivity contribution in [2.24, 2.45) is 0 Å². The van der Waals surface area contributed by atoms with E-state index >= 15 is 0 Å². The first-order valence-corrected chi connectivity index (χ1v) is 11.9. The summed E-state index contributed by atoms with van der Waals surface area (Å²) in [5, 5.41) is 4.26. The van der Waals surface area contributed by atoms with Crippen molar-refractivity contribution in [3.05, 3.63) is 36.2 Å². The van der Waals surface area contributed by atoms with Gasteiger partial charge in [0.25, 0.3) is 5.82 Å². The van der Waals surface area contributed by atoms with E-state index in [2.05, 4.69) is 29.7 Å². The Balaban J connectivity index is 2.16. The molecule has 130 valence electrons. The molecule has 1 aromatic heterocycles. The number of carbonyl (C=O) groups excluding carboxylic acids is 1. The first kappa shape index (κ1) is 18.3. The largest absolute Gasteiger partial charge is 0.460 e. The van der Waals surface area contributed by atoms with Crippen LogP contribution < -0.4 is 0 Å². The van der Waals surface area contributed by atoms with Crippen molar-refractivity contribution < 1.29 is 14.3 Å². The van der Waals surface area contributed by atoms with Crippen LogP contribution in [0.5, 0.6) is 0 Å². The van der Waals surface area contributed by atoms with Crippen molar-refractivity contribution in [1.82, 2.24) is 14.8 Å². The van der Waals surface area contributed by atoms with E-state index in [-0.39, 0.29) is 12.6 Å². The van der Waals surface area contributed by atoms with Crippen LogP contribution in [0.1, 0.15) is 17.5 Å². The third-order valence-corrected chi connectivity index (χ3v) is 5.08. The number of esters is 1. The van der Waals surface area contributed by atoms with E-state index in [0.717, 1.165) is 11.6 Å². The van der Waals surface area contributed by atoms with Gasteiger partial charge in [0.05, 0.1) is 6.61 Å². The summed E-state index contributed by atoms with van der Waals surface area (Å²) in [6.45, 7) is 9.91. The van der Waals surface area contributed by atoms with E-state index in [1.54, 1.807) is 11.6 Å². The van der Waals surface area contributed by atoms with Crippen LogP contribution in [0.3, 0.4) is 0 Å². The molecule has 7 heteroatoms. The quantitative estimate of drug-likeness (QED) is 0.416. The van der Waals surface area contributed by atoms with Crippen LogP contribution in [-0.4, -0.2) is 42.0 Å². The Morgan fingerprint density at radius 2 is 1.92 bits per heavy atom. The van der Waals surface area contributed by atoms with E-state index in [0.29, 0.717) is 19.0 Å². The van der Waals surface area contributed by atoms with Crippen molar-refractivity contribution in [1.29, 1.82) is 0 Å². The lowest BCUT2D eigenvalue weighted by molar-refractivity contribution is 0.0505. The summed E-state index contributed by atoms with van der Waals surface area (Å²) >= 11 is 0. The number of rotatable bonds is 8. The maximum absolute atomic E-state index is 11.9. The van der Waals surface area contributed by atoms with E-state index in [1.807, 2.05) is 30.3 Å². The maximum Gasteiger partial charge on any atom is 0.378 e. The van der Waals surface area contributed by atoms with Crippen LogP contribution in [0, 0.1) is 0 Å². The van der Waals surface area contributed by atoms with Crippen LogP contribution in [0.25, 0.3) is 11.4 Å². The van der Waals surface area contributed by atoms with Crippen LogP contribution >= 0.6 is 0 Å². The number of carbonyl (C=O) groups is 1. The summed E-state index contributed by atoms with van der Waals surface area (Å²) < 4.78 is 12.4. The van der Waals surface area contributed by atoms with Gasteiger partial charge in [0.1, 0.15) is 6.73 Å². The summed E-state index contributed by atoms with van der Waals surface area (Å²) in [6.07, 6.45) is 0. The molecule has 24 heavy (non-hydrogen) atoms. The molecule has 2 aromatic rings. The maximum atomic E-state index is 11.9. The lowest BCUT2D eigenvalue weighted by atomic mass is 10.2. The summed E-state index contributed by atoms with van der Waals surface area (Å²) in [4.78, 5) is 16.2. The summed E-state index contributed by atoms with van der Waals surface area (Å²) in [5.41, 5.74) is 0.884. The van der Waals surface area contributed by atoms with Gasteiger partial charge in [-0.2, -0.15) is 0 Å². The summed E-state index contributed by atoms with van der Waals surface area (Å²) in [7, 11) is -1.14. The highest BCUT2D eigenvalue weighted by molar-refractivity contribution is 6.76. The molecule has 0 aliphatic carbocycles. The van der Waals surface area contributed by atoms with Crippen molar-refractivity contribution >= 4 is 14.0 Å². The zero-order valence-electron chi connectivity index (χ0n) is 14.8. The topological polar surface area (TPSA) is 66.2 Å². The molecule has 0 atom stereocenters. The molecule has 1 heterocycles. The molecule has 0 bridgehead atoms. The number of hydrogen-bond acceptors (Lipinski definition) is 5. The molecule has 2 rings (SSSR count). The minimum atomic E-state index is -1.14. The van der Waals surface area contributed by atoms with E-state index in [4.69, 9.17) is 9.47 Å². The fourth-order valence-electron chi connectivity index (χ4n) is 2.04. The molecule has 0 aliphatic heterocycles. The van der Waals surface area contributed by atoms with Gasteiger partial charge >= 0.3 is 5.97 Å². The molecule has 0 unspecified atom stereocenters. The van der Waals surface area contributed by atoms with Gasteiger partial charge in [-0.25, -0.2) is 14.5 Å². The molecule has 0 fully saturated rings. The van der Waals surface area contributed by atoms with E-state index < -0.39 is 14.0 Å². The Labute approximate surface area is 143 Å². The Hall–Kier alpha value is -1.99. The average molecular weight is 347 g/mol. The first-order chi connectivity index (χ1) is 11.4. The highest BCUT2D eigenvalue weighted by atomic mass is 28.3. The minimum Gasteiger partial charge on any atom is -0.460 e. The third-order valence-electron chi connectivity index (χ3n) is 3.37. The first-order valence-electron chi connectivity index (χ1n) is 8.16. The van der Waals surface area contributed by atoms with Crippen molar-refractivity contribution in [3.63, 3.8) is 0 Å². The lowest BCUT2D eigenvalue weighted by Gasteiger charge is -2.15. The highest BCUT2D eigenvalue weighted by Gasteiger charge is 2.19. The minimum absolute atomic E-state index is 0.0597. The number of benzene rings is 1. The Bertz CT molecular complexity index is 665. The summed E-state index contributed by atoms with van der Waals surface area (Å²) in [6, 6.07) is 10.7. The Morgan fingerprint density at radius 3 is 2.54 bits per heavy atom. The summed E-state index contributed by atoms with van der Waals surface area (Å²) in [5.74, 6) is 0.145. The zero-order chi connectivity index (χ0) is 17.6. The number of nitrogens with zero attached hydrogens (tertiary/aromatic N) is 3. The second kappa shape index (κ2) is 8.21. The number of ether oxygens (including phenoxy) is 2. The second-order valence-electron chi connectivity index (χ2n) is 6.69. The Morgan fingerprint density at radius 1 is 1.21 bits per heavy atom. The molecule has 0 amide bonds. The van der Waals surface area contributed by atoms with Gasteiger partial charge in [0.15, 0.2) is 5.82 Å². The zero-order valence-corrected chi connectivity index (χ0v) is 15.8. The van der Waals surface area contributed by atoms with E-state index in [9.17, 15) is 4.79 Å². The van der Waals surface area contributed by atoms with E-state index in [1.165, 1.54) is 0 Å². The van der Waals surface area contributed by atoms with Gasteiger partial charge < -0.3 is 9.47 Å². The third kappa shape index (κ3) is 5.28. The molecule has 0 saturated carbocycles. The fourth-order valence-corrected chi connectivity index (χ4v) is 2.80. The van der Waals surface area contributed by atoms with Crippen LogP contribution in [0.4, 0.5) is 0 Å². The monoisotopic (exact) mass is 347 g/mol. The number of hydrogen-bond donors (Lipinski definition) is 0. The smallest absolute Gasteiger partial charge is 0.378 e. The predicted molar refractivity (Wildman–Crippen MR) is 95.5 cm³/mol. The molecule has 0 N–H and O–H groups in total. The normalized spacial score (nSPS) is 11.5. The van der Waals surface area contributed by atoms with Crippen molar-refractivity contribution in [2.45, 2.75) is 39.3 Å². The predicted octanol–water partition coefficient (Wildman–Crippen LogP) is 3.43. The molecule has 0 saturated heterocycles. The number of aromatic nitrogens is 3. The second-order valence-corrected chi connectivity index (χ2v) is 12.3. The Kier molecular flexibility index (Phi) is 6.27. The molecule has 1 aromatic carbocycles. The van der Waals surface area contributed by atoms with Crippen molar-refractivity contribution in [3.8, 4) is 11.4 Å². The van der Waals surface area contributed by atoms with Crippen LogP contribution in [0.15, 0.2) is 30.3 Å².